The SMILES string of the molecule is CC(C)(C)OC(=O)N1C[C@@H]2CN(c3cccnc3)C[C@@H]21. The molecule has 0 unspecified atom stereocenters. The summed E-state index contributed by atoms with van der Waals surface area (Å²) >= 11 is 0. The predicted octanol–water partition coefficient (Wildman–Crippen LogP) is 2.14. The molecule has 108 valence electrons. The van der Waals surface area contributed by atoms with Gasteiger partial charge in [-0.25, -0.2) is 4.79 Å². The van der Waals surface area contributed by atoms with E-state index in [-0.39, 0.29) is 12.1 Å². The Morgan fingerprint density at radius 2 is 2.15 bits per heavy atom. The van der Waals surface area contributed by atoms with E-state index in [0.29, 0.717) is 5.92 Å². The number of anilines is 1. The zero-order valence-corrected chi connectivity index (χ0v) is 12.2. The third kappa shape index (κ3) is 2.44. The van der Waals surface area contributed by atoms with Crippen molar-refractivity contribution in [3.63, 3.8) is 0 Å². The summed E-state index contributed by atoms with van der Waals surface area (Å²) in [5.74, 6) is 0.558. The molecule has 0 radical (unpaired) electrons. The molecule has 0 N–H and O–H groups in total. The Balaban J connectivity index is 1.62. The van der Waals surface area contributed by atoms with E-state index in [4.69, 9.17) is 4.74 Å². The Morgan fingerprint density at radius 3 is 2.80 bits per heavy atom. The van der Waals surface area contributed by atoms with Gasteiger partial charge in [-0.15, -0.1) is 0 Å². The first-order valence-electron chi connectivity index (χ1n) is 7.08. The number of hydrogen-bond acceptors (Lipinski definition) is 4. The lowest BCUT2D eigenvalue weighted by Crippen LogP contribution is -2.59. The quantitative estimate of drug-likeness (QED) is 0.787. The molecular formula is C15H21N3O2. The van der Waals surface area contributed by atoms with Crippen LogP contribution in [0, 0.1) is 5.92 Å². The number of amides is 1. The summed E-state index contributed by atoms with van der Waals surface area (Å²) in [5.41, 5.74) is 0.704. The molecule has 1 amide bonds. The fourth-order valence-electron chi connectivity index (χ4n) is 2.92. The maximum absolute atomic E-state index is 12.1. The second kappa shape index (κ2) is 4.65. The molecule has 20 heavy (non-hydrogen) atoms. The van der Waals surface area contributed by atoms with Gasteiger partial charge >= 0.3 is 6.09 Å². The Bertz CT molecular complexity index is 498. The van der Waals surface area contributed by atoms with Crippen molar-refractivity contribution < 1.29 is 9.53 Å². The van der Waals surface area contributed by atoms with Crippen molar-refractivity contribution in [3.8, 4) is 0 Å². The minimum absolute atomic E-state index is 0.188. The number of aromatic nitrogens is 1. The van der Waals surface area contributed by atoms with Crippen LogP contribution in [0.1, 0.15) is 20.8 Å². The number of rotatable bonds is 1. The van der Waals surface area contributed by atoms with Gasteiger partial charge in [0.1, 0.15) is 5.60 Å². The van der Waals surface area contributed by atoms with Gasteiger partial charge in [-0.1, -0.05) is 0 Å². The van der Waals surface area contributed by atoms with Crippen LogP contribution >= 0.6 is 0 Å². The van der Waals surface area contributed by atoms with Crippen LogP contribution in [-0.4, -0.2) is 47.3 Å². The van der Waals surface area contributed by atoms with Crippen molar-refractivity contribution in [1.82, 2.24) is 9.88 Å². The summed E-state index contributed by atoms with van der Waals surface area (Å²) in [7, 11) is 0. The van der Waals surface area contributed by atoms with Crippen molar-refractivity contribution >= 4 is 11.8 Å². The van der Waals surface area contributed by atoms with Crippen molar-refractivity contribution in [2.75, 3.05) is 24.5 Å². The Hall–Kier alpha value is -1.78. The summed E-state index contributed by atoms with van der Waals surface area (Å²) in [6.45, 7) is 8.37. The first kappa shape index (κ1) is 13.2. The summed E-state index contributed by atoms with van der Waals surface area (Å²) < 4.78 is 5.45. The lowest BCUT2D eigenvalue weighted by atomic mass is 9.93. The zero-order chi connectivity index (χ0) is 14.3. The number of likely N-dealkylation sites (tertiary alicyclic amines) is 1. The second-order valence-electron chi connectivity index (χ2n) is 6.58. The van der Waals surface area contributed by atoms with Crippen LogP contribution in [0.25, 0.3) is 0 Å². The largest absolute Gasteiger partial charge is 0.444 e. The molecule has 0 aromatic carbocycles. The minimum Gasteiger partial charge on any atom is -0.444 e. The minimum atomic E-state index is -0.427. The van der Waals surface area contributed by atoms with Gasteiger partial charge in [0.15, 0.2) is 0 Å². The maximum atomic E-state index is 12.1. The highest BCUT2D eigenvalue weighted by atomic mass is 16.6. The molecule has 0 saturated carbocycles. The molecule has 1 aromatic heterocycles. The smallest absolute Gasteiger partial charge is 0.410 e. The number of fused-ring (bicyclic) bond motifs is 1. The number of hydrogen-bond donors (Lipinski definition) is 0. The van der Waals surface area contributed by atoms with E-state index in [1.807, 2.05) is 37.9 Å². The predicted molar refractivity (Wildman–Crippen MR) is 76.7 cm³/mol. The van der Waals surface area contributed by atoms with Gasteiger partial charge in [-0.2, -0.15) is 0 Å². The topological polar surface area (TPSA) is 45.7 Å². The van der Waals surface area contributed by atoms with Gasteiger partial charge in [0, 0.05) is 31.7 Å². The van der Waals surface area contributed by atoms with Crippen molar-refractivity contribution in [2.24, 2.45) is 5.92 Å². The molecule has 3 heterocycles. The van der Waals surface area contributed by atoms with E-state index in [2.05, 4.69) is 16.0 Å². The fourth-order valence-corrected chi connectivity index (χ4v) is 2.92. The van der Waals surface area contributed by atoms with Crippen LogP contribution in [-0.2, 0) is 4.74 Å². The van der Waals surface area contributed by atoms with Gasteiger partial charge in [-0.05, 0) is 32.9 Å². The van der Waals surface area contributed by atoms with E-state index in [0.717, 1.165) is 25.3 Å². The van der Waals surface area contributed by atoms with Crippen LogP contribution in [0.5, 0.6) is 0 Å². The Kier molecular flexibility index (Phi) is 3.07. The summed E-state index contributed by atoms with van der Waals surface area (Å²) in [5, 5.41) is 0. The average Bonchev–Trinajstić information content (AvgIpc) is 2.66. The van der Waals surface area contributed by atoms with E-state index in [9.17, 15) is 4.79 Å². The molecule has 2 atom stereocenters. The molecule has 0 spiro atoms. The molecule has 2 aliphatic heterocycles. The van der Waals surface area contributed by atoms with Crippen LogP contribution in [0.2, 0.25) is 0 Å². The zero-order valence-electron chi connectivity index (χ0n) is 12.2. The molecular weight excluding hydrogens is 254 g/mol. The lowest BCUT2D eigenvalue weighted by Gasteiger charge is -2.43. The van der Waals surface area contributed by atoms with Crippen molar-refractivity contribution in [1.29, 1.82) is 0 Å². The molecule has 2 aliphatic rings. The second-order valence-corrected chi connectivity index (χ2v) is 6.58. The number of carbonyl (C=O) groups is 1. The van der Waals surface area contributed by atoms with Gasteiger partial charge in [0.2, 0.25) is 0 Å². The highest BCUT2D eigenvalue weighted by Crippen LogP contribution is 2.35. The lowest BCUT2D eigenvalue weighted by molar-refractivity contribution is -0.0163. The standard InChI is InChI=1S/C15H21N3O2/c1-15(2,3)20-14(19)18-9-11-8-17(10-13(11)18)12-5-4-6-16-7-12/h4-7,11,13H,8-10H2,1-3H3/t11-,13-/m0/s1. The Labute approximate surface area is 119 Å². The Morgan fingerprint density at radius 1 is 1.35 bits per heavy atom. The summed E-state index contributed by atoms with van der Waals surface area (Å²) in [6, 6.07) is 4.29. The molecule has 1 aromatic rings. The van der Waals surface area contributed by atoms with Crippen LogP contribution in [0.3, 0.4) is 0 Å². The molecule has 0 aliphatic carbocycles. The van der Waals surface area contributed by atoms with Crippen LogP contribution in [0.4, 0.5) is 10.5 Å². The number of ether oxygens (including phenoxy) is 1. The molecule has 2 fully saturated rings. The normalized spacial score (nSPS) is 25.1. The molecule has 3 rings (SSSR count). The van der Waals surface area contributed by atoms with Gasteiger partial charge < -0.3 is 14.5 Å². The molecule has 5 heteroatoms. The van der Waals surface area contributed by atoms with Gasteiger partial charge in [-0.3, -0.25) is 4.98 Å². The molecule has 2 saturated heterocycles. The fraction of sp³-hybridized carbons (Fsp3) is 0.600. The highest BCUT2D eigenvalue weighted by Gasteiger charge is 2.49. The summed E-state index contributed by atoms with van der Waals surface area (Å²) in [4.78, 5) is 20.4. The maximum Gasteiger partial charge on any atom is 0.410 e. The third-order valence-electron chi connectivity index (χ3n) is 3.88. The number of pyridine rings is 1. The molecule has 0 bridgehead atoms. The number of carbonyl (C=O) groups excluding carboxylic acids is 1. The van der Waals surface area contributed by atoms with Crippen LogP contribution in [0.15, 0.2) is 24.5 Å². The van der Waals surface area contributed by atoms with E-state index in [1.165, 1.54) is 0 Å². The number of nitrogens with zero attached hydrogens (tertiary/aromatic N) is 3. The third-order valence-corrected chi connectivity index (χ3v) is 3.88. The molecule has 5 nitrogen and oxygen atoms in total. The van der Waals surface area contributed by atoms with Crippen LogP contribution < -0.4 is 4.90 Å². The first-order valence-corrected chi connectivity index (χ1v) is 7.08. The van der Waals surface area contributed by atoms with E-state index < -0.39 is 5.60 Å². The summed E-state index contributed by atoms with van der Waals surface area (Å²) in [6.07, 6.45) is 3.47. The average molecular weight is 275 g/mol. The van der Waals surface area contributed by atoms with Gasteiger partial charge in [0.25, 0.3) is 0 Å². The van der Waals surface area contributed by atoms with Crippen molar-refractivity contribution in [2.45, 2.75) is 32.4 Å². The van der Waals surface area contributed by atoms with E-state index in [1.54, 1.807) is 6.20 Å². The van der Waals surface area contributed by atoms with E-state index >= 15 is 0 Å². The first-order chi connectivity index (χ1) is 9.44. The van der Waals surface area contributed by atoms with Crippen molar-refractivity contribution in [3.05, 3.63) is 24.5 Å². The highest BCUT2D eigenvalue weighted by molar-refractivity contribution is 5.70. The van der Waals surface area contributed by atoms with Gasteiger partial charge in [0.05, 0.1) is 17.9 Å². The monoisotopic (exact) mass is 275 g/mol.